The maximum absolute atomic E-state index is 14.2. The van der Waals surface area contributed by atoms with E-state index in [0.29, 0.717) is 18.1 Å². The molecule has 0 heterocycles. The largest absolute Gasteiger partial charge is 0.385 e. The number of halogens is 2. The van der Waals surface area contributed by atoms with Crippen molar-refractivity contribution in [2.45, 2.75) is 11.3 Å². The second kappa shape index (κ2) is 9.09. The molecule has 0 saturated carbocycles. The van der Waals surface area contributed by atoms with Crippen molar-refractivity contribution >= 4 is 33.2 Å². The van der Waals surface area contributed by atoms with Gasteiger partial charge >= 0.3 is 0 Å². The number of benzene rings is 2. The first-order valence-corrected chi connectivity index (χ1v) is 9.54. The Morgan fingerprint density at radius 3 is 2.65 bits per heavy atom. The van der Waals surface area contributed by atoms with Gasteiger partial charge in [-0.05, 0) is 42.8 Å². The molecule has 140 valence electrons. The van der Waals surface area contributed by atoms with Crippen molar-refractivity contribution in [3.05, 3.63) is 58.9 Å². The van der Waals surface area contributed by atoms with Crippen molar-refractivity contribution in [1.29, 1.82) is 0 Å². The summed E-state index contributed by atoms with van der Waals surface area (Å²) < 4.78 is 45.7. The number of amides is 1. The van der Waals surface area contributed by atoms with E-state index in [9.17, 15) is 17.6 Å². The topological polar surface area (TPSA) is 84.5 Å². The molecule has 0 unspecified atom stereocenters. The summed E-state index contributed by atoms with van der Waals surface area (Å²) in [5.74, 6) is -1.42. The van der Waals surface area contributed by atoms with E-state index in [2.05, 4.69) is 10.0 Å². The first-order chi connectivity index (χ1) is 12.3. The number of hydrogen-bond acceptors (Lipinski definition) is 4. The predicted octanol–water partition coefficient (Wildman–Crippen LogP) is 3.05. The van der Waals surface area contributed by atoms with Crippen molar-refractivity contribution in [2.24, 2.45) is 0 Å². The van der Waals surface area contributed by atoms with Gasteiger partial charge in [-0.1, -0.05) is 17.7 Å². The van der Waals surface area contributed by atoms with Crippen LogP contribution in [0.1, 0.15) is 16.8 Å². The molecule has 0 aromatic heterocycles. The highest BCUT2D eigenvalue weighted by Crippen LogP contribution is 2.20. The fourth-order valence-corrected chi connectivity index (χ4v) is 3.37. The van der Waals surface area contributed by atoms with Gasteiger partial charge in [0, 0.05) is 30.8 Å². The molecular formula is C17H18ClFN2O4S. The van der Waals surface area contributed by atoms with Crippen LogP contribution >= 0.6 is 11.6 Å². The summed E-state index contributed by atoms with van der Waals surface area (Å²) in [5.41, 5.74) is 0.127. The first kappa shape index (κ1) is 20.3. The minimum atomic E-state index is -3.84. The van der Waals surface area contributed by atoms with Gasteiger partial charge in [0.25, 0.3) is 5.91 Å². The van der Waals surface area contributed by atoms with Crippen LogP contribution in [0.3, 0.4) is 0 Å². The quantitative estimate of drug-likeness (QED) is 0.667. The molecule has 2 rings (SSSR count). The van der Waals surface area contributed by atoms with Crippen LogP contribution in [0.15, 0.2) is 47.4 Å². The summed E-state index contributed by atoms with van der Waals surface area (Å²) in [6.07, 6.45) is 0.492. The van der Waals surface area contributed by atoms with Gasteiger partial charge in [0.15, 0.2) is 0 Å². The Balaban J connectivity index is 2.10. The number of nitrogens with one attached hydrogen (secondary N) is 2. The molecule has 1 amide bonds. The fraction of sp³-hybridized carbons (Fsp3) is 0.235. The molecule has 2 N–H and O–H groups in total. The molecule has 0 radical (unpaired) electrons. The molecule has 0 fully saturated rings. The molecule has 0 aliphatic carbocycles. The first-order valence-electron chi connectivity index (χ1n) is 7.68. The highest BCUT2D eigenvalue weighted by atomic mass is 35.5. The van der Waals surface area contributed by atoms with Crippen LogP contribution in [0.2, 0.25) is 5.02 Å². The number of hydrogen-bond donors (Lipinski definition) is 2. The van der Waals surface area contributed by atoms with E-state index in [-0.39, 0.29) is 22.7 Å². The van der Waals surface area contributed by atoms with Crippen LogP contribution in [-0.4, -0.2) is 34.6 Å². The third-order valence-corrected chi connectivity index (χ3v) is 5.10. The molecule has 2 aromatic carbocycles. The summed E-state index contributed by atoms with van der Waals surface area (Å²) in [5, 5.41) is 2.76. The Morgan fingerprint density at radius 1 is 1.23 bits per heavy atom. The van der Waals surface area contributed by atoms with Crippen LogP contribution in [-0.2, 0) is 14.8 Å². The zero-order valence-corrected chi connectivity index (χ0v) is 15.5. The Morgan fingerprint density at radius 2 is 2.00 bits per heavy atom. The van der Waals surface area contributed by atoms with Crippen molar-refractivity contribution in [2.75, 3.05) is 25.6 Å². The molecule has 26 heavy (non-hydrogen) atoms. The monoisotopic (exact) mass is 400 g/mol. The van der Waals surface area contributed by atoms with E-state index in [0.717, 1.165) is 6.07 Å². The summed E-state index contributed by atoms with van der Waals surface area (Å²) >= 11 is 5.82. The highest BCUT2D eigenvalue weighted by Gasteiger charge is 2.17. The number of carbonyl (C=O) groups excluding carboxylic acids is 1. The lowest BCUT2D eigenvalue weighted by Gasteiger charge is -2.10. The second-order valence-corrected chi connectivity index (χ2v) is 7.55. The van der Waals surface area contributed by atoms with E-state index < -0.39 is 21.7 Å². The number of rotatable bonds is 8. The van der Waals surface area contributed by atoms with Crippen LogP contribution in [0.4, 0.5) is 10.1 Å². The van der Waals surface area contributed by atoms with Crippen molar-refractivity contribution in [1.82, 2.24) is 4.72 Å². The average Bonchev–Trinajstić information content (AvgIpc) is 2.60. The van der Waals surface area contributed by atoms with Gasteiger partial charge in [0.05, 0.1) is 10.6 Å². The van der Waals surface area contributed by atoms with Gasteiger partial charge in [-0.3, -0.25) is 4.79 Å². The lowest BCUT2D eigenvalue weighted by molar-refractivity contribution is 0.102. The third kappa shape index (κ3) is 5.50. The second-order valence-electron chi connectivity index (χ2n) is 5.35. The van der Waals surface area contributed by atoms with Crippen molar-refractivity contribution in [3.8, 4) is 0 Å². The zero-order chi connectivity index (χ0) is 19.2. The molecular weight excluding hydrogens is 383 g/mol. The number of carbonyl (C=O) groups is 1. The lowest BCUT2D eigenvalue weighted by Crippen LogP contribution is -2.25. The molecule has 0 atom stereocenters. The van der Waals surface area contributed by atoms with E-state index in [1.54, 1.807) is 12.1 Å². The maximum atomic E-state index is 14.2. The molecule has 0 bridgehead atoms. The van der Waals surface area contributed by atoms with Crippen LogP contribution in [0.25, 0.3) is 0 Å². The summed E-state index contributed by atoms with van der Waals surface area (Å²) in [4.78, 5) is 11.9. The van der Waals surface area contributed by atoms with Crippen LogP contribution in [0, 0.1) is 5.82 Å². The Hall–Kier alpha value is -2.00. The van der Waals surface area contributed by atoms with Gasteiger partial charge < -0.3 is 10.1 Å². The molecule has 0 aliphatic heterocycles. The molecule has 0 aliphatic rings. The van der Waals surface area contributed by atoms with E-state index in [1.807, 2.05) is 0 Å². The van der Waals surface area contributed by atoms with Gasteiger partial charge in [-0.15, -0.1) is 0 Å². The normalized spacial score (nSPS) is 11.3. The van der Waals surface area contributed by atoms with Gasteiger partial charge in [0.2, 0.25) is 10.0 Å². The fourth-order valence-electron chi connectivity index (χ4n) is 2.09. The van der Waals surface area contributed by atoms with Gasteiger partial charge in [-0.25, -0.2) is 17.5 Å². The summed E-state index contributed by atoms with van der Waals surface area (Å²) in [6, 6.07) is 9.44. The molecule has 0 spiro atoms. The van der Waals surface area contributed by atoms with Gasteiger partial charge in [-0.2, -0.15) is 0 Å². The minimum absolute atomic E-state index is 0.131. The Labute approximate surface area is 156 Å². The molecule has 6 nitrogen and oxygen atoms in total. The lowest BCUT2D eigenvalue weighted by atomic mass is 10.2. The third-order valence-electron chi connectivity index (χ3n) is 3.40. The smallest absolute Gasteiger partial charge is 0.255 e. The zero-order valence-electron chi connectivity index (χ0n) is 14.0. The van der Waals surface area contributed by atoms with E-state index in [4.69, 9.17) is 16.3 Å². The molecule has 9 heteroatoms. The predicted molar refractivity (Wildman–Crippen MR) is 97.5 cm³/mol. The molecule has 0 saturated heterocycles. The highest BCUT2D eigenvalue weighted by molar-refractivity contribution is 7.89. The SMILES string of the molecule is COCCCNS(=O)(=O)c1ccc(NC(=O)c2cccc(Cl)c2)c(F)c1. The summed E-state index contributed by atoms with van der Waals surface area (Å²) in [7, 11) is -2.33. The van der Waals surface area contributed by atoms with Crippen molar-refractivity contribution < 1.29 is 22.3 Å². The number of sulfonamides is 1. The minimum Gasteiger partial charge on any atom is -0.385 e. The Bertz CT molecular complexity index is 890. The van der Waals surface area contributed by atoms with E-state index >= 15 is 0 Å². The van der Waals surface area contributed by atoms with Crippen LogP contribution in [0.5, 0.6) is 0 Å². The Kier molecular flexibility index (Phi) is 7.10. The average molecular weight is 401 g/mol. The number of anilines is 1. The van der Waals surface area contributed by atoms with Gasteiger partial charge in [0.1, 0.15) is 5.82 Å². The maximum Gasteiger partial charge on any atom is 0.255 e. The summed E-state index contributed by atoms with van der Waals surface area (Å²) in [6.45, 7) is 0.580. The number of ether oxygens (including phenoxy) is 1. The standard InChI is InChI=1S/C17H18ClFN2O4S/c1-25-9-3-8-20-26(23,24)14-6-7-16(15(19)11-14)21-17(22)12-4-2-5-13(18)10-12/h2,4-7,10-11,20H,3,8-9H2,1H3,(H,21,22). The van der Waals surface area contributed by atoms with Crippen molar-refractivity contribution in [3.63, 3.8) is 0 Å². The van der Waals surface area contributed by atoms with E-state index in [1.165, 1.54) is 31.4 Å². The number of methoxy groups -OCH3 is 1. The molecule has 2 aromatic rings. The van der Waals surface area contributed by atoms with Crippen LogP contribution < -0.4 is 10.0 Å².